The number of benzene rings is 1. The Labute approximate surface area is 132 Å². The van der Waals surface area contributed by atoms with E-state index in [0.29, 0.717) is 23.2 Å². The Kier molecular flexibility index (Phi) is 4.11. The van der Waals surface area contributed by atoms with Gasteiger partial charge in [0.2, 0.25) is 0 Å². The second-order valence-corrected chi connectivity index (χ2v) is 5.85. The Morgan fingerprint density at radius 2 is 2.27 bits per heavy atom. The molecular formula is C15H16ClFN4O. The molecule has 1 aliphatic rings. The monoisotopic (exact) mass is 322 g/mol. The standard InChI is InChI=1S/C15H16ClFN4O/c1-9-18-14(20-19-9)13-4-2-3-7-21(13)15(22)11-8-10(16)5-6-12(11)17/h5-6,8,13H,2-4,7H2,1H3,(H,18,19,20)/t13-/m0/s1. The highest BCUT2D eigenvalue weighted by Gasteiger charge is 2.32. The Balaban J connectivity index is 1.93. The van der Waals surface area contributed by atoms with E-state index >= 15 is 0 Å². The Morgan fingerprint density at radius 1 is 1.45 bits per heavy atom. The number of hydrogen-bond acceptors (Lipinski definition) is 3. The quantitative estimate of drug-likeness (QED) is 0.923. The summed E-state index contributed by atoms with van der Waals surface area (Å²) in [6.07, 6.45) is 2.64. The molecule has 1 N–H and O–H groups in total. The zero-order chi connectivity index (χ0) is 15.7. The minimum Gasteiger partial charge on any atom is -0.328 e. The predicted octanol–water partition coefficient (Wildman–Crippen LogP) is 3.27. The molecular weight excluding hydrogens is 307 g/mol. The van der Waals surface area contributed by atoms with E-state index in [4.69, 9.17) is 11.6 Å². The van der Waals surface area contributed by atoms with Crippen LogP contribution in [0.15, 0.2) is 18.2 Å². The van der Waals surface area contributed by atoms with Crippen LogP contribution >= 0.6 is 11.6 Å². The number of amides is 1. The van der Waals surface area contributed by atoms with Gasteiger partial charge in [-0.1, -0.05) is 11.6 Å². The lowest BCUT2D eigenvalue weighted by atomic mass is 10.00. The van der Waals surface area contributed by atoms with Gasteiger partial charge in [-0.2, -0.15) is 5.10 Å². The van der Waals surface area contributed by atoms with Crippen molar-refractivity contribution in [3.63, 3.8) is 0 Å². The van der Waals surface area contributed by atoms with Gasteiger partial charge in [0.15, 0.2) is 5.82 Å². The largest absolute Gasteiger partial charge is 0.328 e. The summed E-state index contributed by atoms with van der Waals surface area (Å²) < 4.78 is 14.0. The Bertz CT molecular complexity index is 703. The van der Waals surface area contributed by atoms with E-state index in [1.54, 1.807) is 4.90 Å². The second kappa shape index (κ2) is 6.04. The summed E-state index contributed by atoms with van der Waals surface area (Å²) in [4.78, 5) is 18.7. The molecule has 1 fully saturated rings. The maximum Gasteiger partial charge on any atom is 0.257 e. The maximum absolute atomic E-state index is 14.0. The molecule has 0 saturated carbocycles. The SMILES string of the molecule is Cc1nc([C@@H]2CCCCN2C(=O)c2cc(Cl)ccc2F)n[nH]1. The van der Waals surface area contributed by atoms with Gasteiger partial charge in [-0.25, -0.2) is 9.37 Å². The lowest BCUT2D eigenvalue weighted by Crippen LogP contribution is -2.39. The van der Waals surface area contributed by atoms with Crippen molar-refractivity contribution in [3.8, 4) is 0 Å². The number of rotatable bonds is 2. The van der Waals surface area contributed by atoms with Crippen molar-refractivity contribution >= 4 is 17.5 Å². The van der Waals surface area contributed by atoms with Gasteiger partial charge in [0.1, 0.15) is 11.6 Å². The summed E-state index contributed by atoms with van der Waals surface area (Å²) in [7, 11) is 0. The number of aryl methyl sites for hydroxylation is 1. The van der Waals surface area contributed by atoms with Crippen molar-refractivity contribution in [2.75, 3.05) is 6.54 Å². The lowest BCUT2D eigenvalue weighted by molar-refractivity contribution is 0.0595. The maximum atomic E-state index is 14.0. The van der Waals surface area contributed by atoms with Gasteiger partial charge in [-0.15, -0.1) is 0 Å². The minimum atomic E-state index is -0.565. The molecule has 116 valence electrons. The third kappa shape index (κ3) is 2.83. The molecule has 1 aromatic carbocycles. The predicted molar refractivity (Wildman–Crippen MR) is 80.2 cm³/mol. The highest BCUT2D eigenvalue weighted by atomic mass is 35.5. The zero-order valence-electron chi connectivity index (χ0n) is 12.1. The number of halogens is 2. The van der Waals surface area contributed by atoms with Crippen LogP contribution in [-0.4, -0.2) is 32.5 Å². The van der Waals surface area contributed by atoms with E-state index < -0.39 is 5.82 Å². The molecule has 0 bridgehead atoms. The van der Waals surface area contributed by atoms with Crippen LogP contribution in [0.2, 0.25) is 5.02 Å². The Hall–Kier alpha value is -1.95. The van der Waals surface area contributed by atoms with Crippen molar-refractivity contribution in [3.05, 3.63) is 46.3 Å². The van der Waals surface area contributed by atoms with Gasteiger partial charge in [-0.05, 0) is 44.4 Å². The molecule has 1 aromatic heterocycles. The Morgan fingerprint density at radius 3 is 3.00 bits per heavy atom. The van der Waals surface area contributed by atoms with Crippen molar-refractivity contribution in [2.45, 2.75) is 32.2 Å². The summed E-state index contributed by atoms with van der Waals surface area (Å²) in [5.74, 6) is 0.340. The fourth-order valence-corrected chi connectivity index (χ4v) is 2.94. The molecule has 2 aromatic rings. The molecule has 22 heavy (non-hydrogen) atoms. The molecule has 3 rings (SSSR count). The summed E-state index contributed by atoms with van der Waals surface area (Å²) in [6, 6.07) is 3.78. The molecule has 0 radical (unpaired) electrons. The van der Waals surface area contributed by atoms with Crippen LogP contribution in [0.3, 0.4) is 0 Å². The summed E-state index contributed by atoms with van der Waals surface area (Å²) in [5.41, 5.74) is -0.00772. The summed E-state index contributed by atoms with van der Waals surface area (Å²) in [5, 5.41) is 7.29. The molecule has 2 heterocycles. The fraction of sp³-hybridized carbons (Fsp3) is 0.400. The van der Waals surface area contributed by atoms with Gasteiger partial charge < -0.3 is 4.90 Å². The fourth-order valence-electron chi connectivity index (χ4n) is 2.77. The van der Waals surface area contributed by atoms with Gasteiger partial charge in [0.25, 0.3) is 5.91 Å². The highest BCUT2D eigenvalue weighted by Crippen LogP contribution is 2.31. The first-order valence-electron chi connectivity index (χ1n) is 7.21. The highest BCUT2D eigenvalue weighted by molar-refractivity contribution is 6.31. The van der Waals surface area contributed by atoms with Crippen LogP contribution in [0.25, 0.3) is 0 Å². The molecule has 0 unspecified atom stereocenters. The normalized spacial score (nSPS) is 18.5. The third-order valence-electron chi connectivity index (χ3n) is 3.84. The van der Waals surface area contributed by atoms with E-state index in [9.17, 15) is 9.18 Å². The van der Waals surface area contributed by atoms with Crippen molar-refractivity contribution in [1.29, 1.82) is 0 Å². The number of aromatic amines is 1. The summed E-state index contributed by atoms with van der Waals surface area (Å²) >= 11 is 5.89. The van der Waals surface area contributed by atoms with E-state index in [1.165, 1.54) is 18.2 Å². The van der Waals surface area contributed by atoms with Crippen molar-refractivity contribution in [1.82, 2.24) is 20.1 Å². The first-order valence-corrected chi connectivity index (χ1v) is 7.59. The van der Waals surface area contributed by atoms with Crippen LogP contribution in [0, 0.1) is 12.7 Å². The van der Waals surface area contributed by atoms with E-state index in [2.05, 4.69) is 15.2 Å². The van der Waals surface area contributed by atoms with Gasteiger partial charge >= 0.3 is 0 Å². The molecule has 1 atom stereocenters. The first kappa shape index (κ1) is 15.0. The number of nitrogens with zero attached hydrogens (tertiary/aromatic N) is 3. The van der Waals surface area contributed by atoms with E-state index in [1.807, 2.05) is 6.92 Å². The average Bonchev–Trinajstić information content (AvgIpc) is 2.95. The van der Waals surface area contributed by atoms with Gasteiger partial charge in [-0.3, -0.25) is 9.89 Å². The topological polar surface area (TPSA) is 61.9 Å². The number of piperidine rings is 1. The number of carbonyl (C=O) groups excluding carboxylic acids is 1. The van der Waals surface area contributed by atoms with Crippen LogP contribution in [0.4, 0.5) is 4.39 Å². The third-order valence-corrected chi connectivity index (χ3v) is 4.07. The van der Waals surface area contributed by atoms with E-state index in [0.717, 1.165) is 19.3 Å². The van der Waals surface area contributed by atoms with Crippen LogP contribution in [0.1, 0.15) is 47.3 Å². The molecule has 1 saturated heterocycles. The molecule has 1 aliphatic heterocycles. The molecule has 1 amide bonds. The van der Waals surface area contributed by atoms with Crippen LogP contribution < -0.4 is 0 Å². The number of H-pyrrole nitrogens is 1. The van der Waals surface area contributed by atoms with Gasteiger partial charge in [0.05, 0.1) is 11.6 Å². The lowest BCUT2D eigenvalue weighted by Gasteiger charge is -2.34. The van der Waals surface area contributed by atoms with Crippen molar-refractivity contribution < 1.29 is 9.18 Å². The molecule has 5 nitrogen and oxygen atoms in total. The minimum absolute atomic E-state index is 0.00772. The molecule has 0 spiro atoms. The van der Waals surface area contributed by atoms with Crippen LogP contribution in [0.5, 0.6) is 0 Å². The number of likely N-dealkylation sites (tertiary alicyclic amines) is 1. The summed E-state index contributed by atoms with van der Waals surface area (Å²) in [6.45, 7) is 2.37. The van der Waals surface area contributed by atoms with Crippen LogP contribution in [-0.2, 0) is 0 Å². The van der Waals surface area contributed by atoms with Gasteiger partial charge in [0, 0.05) is 11.6 Å². The average molecular weight is 323 g/mol. The first-order chi connectivity index (χ1) is 10.6. The number of aromatic nitrogens is 3. The zero-order valence-corrected chi connectivity index (χ0v) is 12.9. The second-order valence-electron chi connectivity index (χ2n) is 5.41. The number of nitrogens with one attached hydrogen (secondary N) is 1. The van der Waals surface area contributed by atoms with E-state index in [-0.39, 0.29) is 17.5 Å². The molecule has 7 heteroatoms. The number of hydrogen-bond donors (Lipinski definition) is 1. The smallest absolute Gasteiger partial charge is 0.257 e. The van der Waals surface area contributed by atoms with Crippen molar-refractivity contribution in [2.24, 2.45) is 0 Å². The molecule has 0 aliphatic carbocycles. The number of carbonyl (C=O) groups is 1.